The average molecular weight is 512 g/mol. The highest BCUT2D eigenvalue weighted by Crippen LogP contribution is 2.40. The summed E-state index contributed by atoms with van der Waals surface area (Å²) in [5, 5.41) is 12.2. The first-order chi connectivity index (χ1) is 17.6. The van der Waals surface area contributed by atoms with Gasteiger partial charge >= 0.3 is 0 Å². The quantitative estimate of drug-likeness (QED) is 0.147. The average Bonchev–Trinajstić information content (AvgIpc) is 3.42. The molecule has 0 radical (unpaired) electrons. The van der Waals surface area contributed by atoms with Crippen molar-refractivity contribution in [3.63, 3.8) is 0 Å². The molecule has 5 rings (SSSR count). The van der Waals surface area contributed by atoms with Crippen molar-refractivity contribution in [3.05, 3.63) is 71.5 Å². The van der Waals surface area contributed by atoms with Crippen molar-refractivity contribution in [1.29, 1.82) is 5.26 Å². The van der Waals surface area contributed by atoms with Crippen molar-refractivity contribution in [2.24, 2.45) is 0 Å². The monoisotopic (exact) mass is 511 g/mol. The number of nitriles is 1. The van der Waals surface area contributed by atoms with Gasteiger partial charge in [-0.15, -0.1) is 0 Å². The maximum atomic E-state index is 13.9. The van der Waals surface area contributed by atoms with E-state index in [2.05, 4.69) is 41.2 Å². The Morgan fingerprint density at radius 2 is 1.86 bits per heavy atom. The number of aryl methyl sites for hydroxylation is 3. The third-order valence-electron chi connectivity index (χ3n) is 8.72. The van der Waals surface area contributed by atoms with Gasteiger partial charge in [0.25, 0.3) is 0 Å². The second-order valence-corrected chi connectivity index (χ2v) is 16.2. The second kappa shape index (κ2) is 9.63. The Kier molecular flexibility index (Phi) is 6.64. The zero-order chi connectivity index (χ0) is 26.4. The lowest BCUT2D eigenvalue weighted by Gasteiger charge is -2.35. The molecule has 0 fully saturated rings. The highest BCUT2D eigenvalue weighted by Gasteiger charge is 2.37. The number of unbranched alkanes of at least 4 members (excludes halogenated alkanes) is 1. The predicted octanol–water partition coefficient (Wildman–Crippen LogP) is 7.18. The van der Waals surface area contributed by atoms with Gasteiger partial charge in [-0.2, -0.15) is 5.26 Å². The number of nitrogens with zero attached hydrogens (tertiary/aromatic N) is 3. The van der Waals surface area contributed by atoms with E-state index in [1.54, 1.807) is 0 Å². The molecule has 5 nitrogen and oxygen atoms in total. The highest BCUT2D eigenvalue weighted by molar-refractivity contribution is 6.72. The van der Waals surface area contributed by atoms with Crippen LogP contribution in [0.5, 0.6) is 0 Å². The number of carbonyl (C=O) groups excluding carboxylic acids is 1. The number of carbonyl (C=O) groups is 1. The van der Waals surface area contributed by atoms with Crippen LogP contribution < -0.4 is 0 Å². The molecule has 0 spiro atoms. The van der Waals surface area contributed by atoms with Crippen LogP contribution in [0, 0.1) is 11.3 Å². The van der Waals surface area contributed by atoms with Crippen molar-refractivity contribution in [1.82, 2.24) is 9.13 Å². The first-order valence-corrected chi connectivity index (χ1v) is 16.4. The summed E-state index contributed by atoms with van der Waals surface area (Å²) in [5.74, 6) is -0.972. The van der Waals surface area contributed by atoms with E-state index in [9.17, 15) is 14.9 Å². The van der Waals surface area contributed by atoms with Crippen LogP contribution in [0.1, 0.15) is 66.9 Å². The van der Waals surface area contributed by atoms with E-state index in [1.807, 2.05) is 55.8 Å². The Labute approximate surface area is 220 Å². The molecule has 2 aromatic heterocycles. The van der Waals surface area contributed by atoms with Gasteiger partial charge in [-0.25, -0.2) is 0 Å². The van der Waals surface area contributed by atoms with Gasteiger partial charge in [-0.3, -0.25) is 4.79 Å². The Morgan fingerprint density at radius 3 is 2.62 bits per heavy atom. The van der Waals surface area contributed by atoms with Crippen LogP contribution in [0.2, 0.25) is 18.1 Å². The number of Topliss-reactive ketones (excluding diaryl/α,β-unsaturated/α-hetero) is 1. The van der Waals surface area contributed by atoms with E-state index >= 15 is 0 Å². The zero-order valence-corrected chi connectivity index (χ0v) is 23.4. The number of para-hydroxylation sites is 2. The van der Waals surface area contributed by atoms with Crippen molar-refractivity contribution in [2.45, 2.75) is 83.1 Å². The molecular formula is C31H37N3O2Si. The largest absolute Gasteiger partial charge is 0.432 e. The molecular weight excluding hydrogens is 474 g/mol. The zero-order valence-electron chi connectivity index (χ0n) is 22.4. The number of hydrogen-bond acceptors (Lipinski definition) is 3. The SMILES string of the molecule is CC(C)(CCCCn1cc(C(C#N)C(=O)c2cn3c4c(cccc24)CCC3)c2ccccc21)[Si](C)(C)O. The molecule has 2 aromatic carbocycles. The van der Waals surface area contributed by atoms with Gasteiger partial charge in [0.15, 0.2) is 14.1 Å². The lowest BCUT2D eigenvalue weighted by Crippen LogP contribution is -2.38. The summed E-state index contributed by atoms with van der Waals surface area (Å²) < 4.78 is 4.39. The van der Waals surface area contributed by atoms with Crippen molar-refractivity contribution in [3.8, 4) is 6.07 Å². The number of ketones is 1. The minimum Gasteiger partial charge on any atom is -0.432 e. The lowest BCUT2D eigenvalue weighted by molar-refractivity contribution is 0.0980. The fraction of sp³-hybridized carbons (Fsp3) is 0.419. The minimum absolute atomic E-state index is 0.0320. The molecule has 37 heavy (non-hydrogen) atoms. The summed E-state index contributed by atoms with van der Waals surface area (Å²) >= 11 is 0. The molecule has 0 aliphatic carbocycles. The summed E-state index contributed by atoms with van der Waals surface area (Å²) in [5.41, 5.74) is 4.93. The van der Waals surface area contributed by atoms with E-state index in [4.69, 9.17) is 0 Å². The van der Waals surface area contributed by atoms with Gasteiger partial charge in [0.05, 0.1) is 11.6 Å². The summed E-state index contributed by atoms with van der Waals surface area (Å²) in [6.07, 6.45) is 9.07. The van der Waals surface area contributed by atoms with Crippen LogP contribution >= 0.6 is 0 Å². The van der Waals surface area contributed by atoms with Crippen LogP contribution in [0.4, 0.5) is 0 Å². The van der Waals surface area contributed by atoms with Crippen molar-refractivity contribution < 1.29 is 9.59 Å². The minimum atomic E-state index is -2.22. The fourth-order valence-electron chi connectivity index (χ4n) is 5.72. The standard InChI is InChI=1S/C31H37N3O2Si/c1-31(2,37(3,4)36)16-7-8-17-33-20-26(23-13-5-6-15-28(23)33)25(19-32)30(35)27-21-34-18-10-12-22-11-9-14-24(27)29(22)34/h5-6,9,11,13-15,20-21,25,36H,7-8,10,12,16-18H2,1-4H3. The van der Waals surface area contributed by atoms with Crippen molar-refractivity contribution >= 4 is 35.9 Å². The molecule has 1 aliphatic heterocycles. The fourth-order valence-corrected chi connectivity index (χ4v) is 6.51. The highest BCUT2D eigenvalue weighted by atomic mass is 28.4. The van der Waals surface area contributed by atoms with E-state index < -0.39 is 14.2 Å². The van der Waals surface area contributed by atoms with Crippen LogP contribution in [-0.2, 0) is 19.5 Å². The Bertz CT molecular complexity index is 1510. The Hall–Kier alpha value is -3.14. The molecule has 1 N–H and O–H groups in total. The third-order valence-corrected chi connectivity index (χ3v) is 12.3. The van der Waals surface area contributed by atoms with Gasteiger partial charge < -0.3 is 13.9 Å². The molecule has 0 bridgehead atoms. The molecule has 4 aromatic rings. The lowest BCUT2D eigenvalue weighted by atomic mass is 9.91. The number of aromatic nitrogens is 2. The number of benzene rings is 2. The molecule has 1 atom stereocenters. The summed E-state index contributed by atoms with van der Waals surface area (Å²) in [6, 6.07) is 16.6. The predicted molar refractivity (Wildman–Crippen MR) is 152 cm³/mol. The summed E-state index contributed by atoms with van der Waals surface area (Å²) in [7, 11) is -2.22. The van der Waals surface area contributed by atoms with Crippen LogP contribution in [-0.4, -0.2) is 28.0 Å². The normalized spacial score (nSPS) is 14.7. The molecule has 192 valence electrons. The van der Waals surface area contributed by atoms with Gasteiger partial charge in [0.2, 0.25) is 0 Å². The molecule has 6 heteroatoms. The molecule has 3 heterocycles. The second-order valence-electron chi connectivity index (χ2n) is 11.8. The smallest absolute Gasteiger partial charge is 0.188 e. The van der Waals surface area contributed by atoms with E-state index in [-0.39, 0.29) is 10.8 Å². The van der Waals surface area contributed by atoms with Gasteiger partial charge in [0, 0.05) is 52.9 Å². The molecule has 1 unspecified atom stereocenters. The van der Waals surface area contributed by atoms with E-state index in [0.29, 0.717) is 5.56 Å². The van der Waals surface area contributed by atoms with Gasteiger partial charge in [0.1, 0.15) is 5.92 Å². The maximum Gasteiger partial charge on any atom is 0.188 e. The van der Waals surface area contributed by atoms with Crippen LogP contribution in [0.15, 0.2) is 54.9 Å². The number of rotatable bonds is 9. The van der Waals surface area contributed by atoms with Gasteiger partial charge in [-0.1, -0.05) is 56.7 Å². The first kappa shape index (κ1) is 25.5. The molecule has 1 aliphatic rings. The first-order valence-electron chi connectivity index (χ1n) is 13.5. The van der Waals surface area contributed by atoms with Crippen LogP contribution in [0.3, 0.4) is 0 Å². The van der Waals surface area contributed by atoms with E-state index in [0.717, 1.165) is 72.6 Å². The van der Waals surface area contributed by atoms with Crippen molar-refractivity contribution in [2.75, 3.05) is 0 Å². The molecule has 0 amide bonds. The van der Waals surface area contributed by atoms with Crippen LogP contribution in [0.25, 0.3) is 21.8 Å². The summed E-state index contributed by atoms with van der Waals surface area (Å²) in [4.78, 5) is 24.5. The molecule has 0 saturated heterocycles. The number of hydrogen-bond donors (Lipinski definition) is 1. The Balaban J connectivity index is 1.44. The Morgan fingerprint density at radius 1 is 1.11 bits per heavy atom. The molecule has 0 saturated carbocycles. The van der Waals surface area contributed by atoms with Gasteiger partial charge in [-0.05, 0) is 55.4 Å². The third kappa shape index (κ3) is 4.56. The maximum absolute atomic E-state index is 13.9. The summed E-state index contributed by atoms with van der Waals surface area (Å²) in [6.45, 7) is 10.1. The van der Waals surface area contributed by atoms with E-state index in [1.165, 1.54) is 5.56 Å². The topological polar surface area (TPSA) is 71.0 Å². The number of fused-ring (bicyclic) bond motifs is 1.